The number of benzene rings is 1. The standard InChI is InChI=1S/C24H36NOSi/c1-23(2,3)21(18-11-12-18)20-15-17(14-19-10-9-13-25-22(19)20)16-26-27(7,8)24(4,5)6/h9-10,13-15,18H,11-12,16H2,1-8H3. The van der Waals surface area contributed by atoms with E-state index in [2.05, 4.69) is 72.8 Å². The molecule has 0 unspecified atom stereocenters. The first-order valence-corrected chi connectivity index (χ1v) is 13.2. The van der Waals surface area contributed by atoms with E-state index in [0.717, 1.165) is 5.52 Å². The van der Waals surface area contributed by atoms with E-state index in [4.69, 9.17) is 9.41 Å². The van der Waals surface area contributed by atoms with Crippen molar-refractivity contribution < 1.29 is 4.43 Å². The second kappa shape index (κ2) is 7.00. The van der Waals surface area contributed by atoms with Crippen LogP contribution in [0, 0.1) is 17.3 Å². The molecule has 2 aromatic rings. The van der Waals surface area contributed by atoms with Crippen molar-refractivity contribution in [3.05, 3.63) is 47.5 Å². The summed E-state index contributed by atoms with van der Waals surface area (Å²) in [6, 6.07) is 8.86. The average Bonchev–Trinajstić information content (AvgIpc) is 3.35. The molecule has 0 N–H and O–H groups in total. The Bertz CT molecular complexity index is 809. The van der Waals surface area contributed by atoms with Gasteiger partial charge in [-0.15, -0.1) is 0 Å². The van der Waals surface area contributed by atoms with Gasteiger partial charge in [0.15, 0.2) is 8.32 Å². The van der Waals surface area contributed by atoms with Crippen molar-refractivity contribution in [1.29, 1.82) is 0 Å². The van der Waals surface area contributed by atoms with Crippen LogP contribution in [0.4, 0.5) is 0 Å². The van der Waals surface area contributed by atoms with Crippen LogP contribution >= 0.6 is 0 Å². The van der Waals surface area contributed by atoms with E-state index in [1.165, 1.54) is 29.4 Å². The molecule has 1 aromatic heterocycles. The second-order valence-electron chi connectivity index (χ2n) is 10.7. The number of hydrogen-bond donors (Lipinski definition) is 0. The zero-order valence-corrected chi connectivity index (χ0v) is 19.4. The summed E-state index contributed by atoms with van der Waals surface area (Å²) in [5.74, 6) is 2.28. The number of nitrogens with zero attached hydrogens (tertiary/aromatic N) is 1. The van der Waals surface area contributed by atoms with Gasteiger partial charge in [0.1, 0.15) is 0 Å². The number of hydrogen-bond acceptors (Lipinski definition) is 2. The maximum absolute atomic E-state index is 6.53. The number of fused-ring (bicyclic) bond motifs is 1. The monoisotopic (exact) mass is 382 g/mol. The summed E-state index contributed by atoms with van der Waals surface area (Å²) in [6.45, 7) is 19.3. The largest absolute Gasteiger partial charge is 0.413 e. The lowest BCUT2D eigenvalue weighted by molar-refractivity contribution is 0.276. The molecule has 0 bridgehead atoms. The van der Waals surface area contributed by atoms with Crippen LogP contribution in [0.2, 0.25) is 18.1 Å². The molecule has 27 heavy (non-hydrogen) atoms. The molecule has 0 aliphatic heterocycles. The van der Waals surface area contributed by atoms with Crippen LogP contribution in [0.5, 0.6) is 0 Å². The molecule has 1 aromatic carbocycles. The van der Waals surface area contributed by atoms with Gasteiger partial charge in [-0.1, -0.05) is 53.7 Å². The van der Waals surface area contributed by atoms with Crippen molar-refractivity contribution in [2.24, 2.45) is 11.3 Å². The van der Waals surface area contributed by atoms with Crippen LogP contribution < -0.4 is 0 Å². The molecular weight excluding hydrogens is 346 g/mol. The Labute approximate surface area is 166 Å². The van der Waals surface area contributed by atoms with Gasteiger partial charge < -0.3 is 4.43 Å². The molecule has 0 atom stereocenters. The van der Waals surface area contributed by atoms with Crippen LogP contribution in [-0.4, -0.2) is 13.3 Å². The lowest BCUT2D eigenvalue weighted by Gasteiger charge is -2.36. The molecule has 1 fully saturated rings. The summed E-state index contributed by atoms with van der Waals surface area (Å²) < 4.78 is 6.53. The Morgan fingerprint density at radius 1 is 1.11 bits per heavy atom. The lowest BCUT2D eigenvalue weighted by Crippen LogP contribution is -2.40. The molecule has 1 radical (unpaired) electrons. The van der Waals surface area contributed by atoms with Crippen LogP contribution in [0.25, 0.3) is 10.9 Å². The summed E-state index contributed by atoms with van der Waals surface area (Å²) in [5.41, 5.74) is 3.92. The highest BCUT2D eigenvalue weighted by Gasteiger charge is 2.41. The molecule has 1 heterocycles. The van der Waals surface area contributed by atoms with Crippen molar-refractivity contribution in [1.82, 2.24) is 4.98 Å². The molecule has 0 saturated heterocycles. The Hall–Kier alpha value is -1.19. The topological polar surface area (TPSA) is 22.1 Å². The second-order valence-corrected chi connectivity index (χ2v) is 15.5. The van der Waals surface area contributed by atoms with Crippen molar-refractivity contribution >= 4 is 19.2 Å². The van der Waals surface area contributed by atoms with Gasteiger partial charge in [0.05, 0.1) is 12.1 Å². The molecule has 2 nitrogen and oxygen atoms in total. The SMILES string of the molecule is CC(C)(C)[C](c1cc(CO[Si](C)(C)C(C)(C)C)cc2cccnc12)C1CC1. The highest BCUT2D eigenvalue weighted by Crippen LogP contribution is 2.52. The van der Waals surface area contributed by atoms with Crippen molar-refractivity contribution in [2.45, 2.75) is 79.1 Å². The van der Waals surface area contributed by atoms with Crippen molar-refractivity contribution in [2.75, 3.05) is 0 Å². The molecule has 0 amide bonds. The van der Waals surface area contributed by atoms with Crippen molar-refractivity contribution in [3.8, 4) is 0 Å². The third-order valence-corrected chi connectivity index (χ3v) is 10.7. The van der Waals surface area contributed by atoms with Gasteiger partial charge in [-0.3, -0.25) is 4.98 Å². The first kappa shape index (κ1) is 20.5. The third-order valence-electron chi connectivity index (χ3n) is 6.25. The van der Waals surface area contributed by atoms with Crippen molar-refractivity contribution in [3.63, 3.8) is 0 Å². The minimum Gasteiger partial charge on any atom is -0.413 e. The van der Waals surface area contributed by atoms with Crippen LogP contribution in [0.15, 0.2) is 30.5 Å². The van der Waals surface area contributed by atoms with Gasteiger partial charge in [0.25, 0.3) is 0 Å². The molecule has 1 saturated carbocycles. The van der Waals surface area contributed by atoms with E-state index < -0.39 is 8.32 Å². The molecule has 0 spiro atoms. The summed E-state index contributed by atoms with van der Waals surface area (Å²) in [7, 11) is -1.77. The fourth-order valence-corrected chi connectivity index (χ4v) is 4.59. The molecule has 1 aliphatic carbocycles. The van der Waals surface area contributed by atoms with Crippen LogP contribution in [-0.2, 0) is 11.0 Å². The maximum atomic E-state index is 6.53. The number of rotatable bonds is 5. The average molecular weight is 383 g/mol. The fourth-order valence-electron chi connectivity index (χ4n) is 3.63. The Morgan fingerprint density at radius 3 is 2.33 bits per heavy atom. The minimum atomic E-state index is -1.77. The first-order valence-electron chi connectivity index (χ1n) is 10.3. The molecule has 3 rings (SSSR count). The van der Waals surface area contributed by atoms with Gasteiger partial charge in [-0.2, -0.15) is 0 Å². The van der Waals surface area contributed by atoms with E-state index in [0.29, 0.717) is 12.5 Å². The van der Waals surface area contributed by atoms with Gasteiger partial charge >= 0.3 is 0 Å². The summed E-state index contributed by atoms with van der Waals surface area (Å²) in [6.07, 6.45) is 4.54. The van der Waals surface area contributed by atoms with Gasteiger partial charge in [-0.25, -0.2) is 0 Å². The van der Waals surface area contributed by atoms with E-state index in [-0.39, 0.29) is 10.5 Å². The fraction of sp³-hybridized carbons (Fsp3) is 0.583. The van der Waals surface area contributed by atoms with Crippen LogP contribution in [0.1, 0.15) is 65.5 Å². The van der Waals surface area contributed by atoms with E-state index >= 15 is 0 Å². The minimum absolute atomic E-state index is 0.157. The summed E-state index contributed by atoms with van der Waals surface area (Å²) in [4.78, 5) is 4.76. The lowest BCUT2D eigenvalue weighted by atomic mass is 9.72. The van der Waals surface area contributed by atoms with Gasteiger partial charge in [-0.05, 0) is 65.6 Å². The first-order chi connectivity index (χ1) is 12.4. The normalized spacial score (nSPS) is 16.3. The summed E-state index contributed by atoms with van der Waals surface area (Å²) >= 11 is 0. The molecule has 3 heteroatoms. The van der Waals surface area contributed by atoms with E-state index in [9.17, 15) is 0 Å². The zero-order valence-electron chi connectivity index (χ0n) is 18.4. The molecule has 1 aliphatic rings. The Morgan fingerprint density at radius 2 is 1.78 bits per heavy atom. The van der Waals surface area contributed by atoms with Gasteiger partial charge in [0, 0.05) is 17.5 Å². The Kier molecular flexibility index (Phi) is 5.33. The summed E-state index contributed by atoms with van der Waals surface area (Å²) in [5, 5.41) is 1.46. The predicted molar refractivity (Wildman–Crippen MR) is 118 cm³/mol. The molecule has 147 valence electrons. The van der Waals surface area contributed by atoms with Gasteiger partial charge in [0.2, 0.25) is 0 Å². The maximum Gasteiger partial charge on any atom is 0.192 e. The van der Waals surface area contributed by atoms with E-state index in [1.807, 2.05) is 12.3 Å². The number of aromatic nitrogens is 1. The quantitative estimate of drug-likeness (QED) is 0.513. The molecular formula is C24H36NOSi. The number of pyridine rings is 1. The smallest absolute Gasteiger partial charge is 0.192 e. The highest BCUT2D eigenvalue weighted by molar-refractivity contribution is 6.74. The predicted octanol–water partition coefficient (Wildman–Crippen LogP) is 7.14. The van der Waals surface area contributed by atoms with Crippen LogP contribution in [0.3, 0.4) is 0 Å². The van der Waals surface area contributed by atoms with E-state index in [1.54, 1.807) is 5.92 Å². The Balaban J connectivity index is 2.01. The zero-order chi connectivity index (χ0) is 20.0. The third kappa shape index (κ3) is 4.46. The highest BCUT2D eigenvalue weighted by atomic mass is 28.4.